The lowest BCUT2D eigenvalue weighted by Gasteiger charge is -2.06. The van der Waals surface area contributed by atoms with Crippen LogP contribution < -0.4 is 0 Å². The lowest BCUT2D eigenvalue weighted by atomic mass is 10.0. The number of hydrogen-bond donors (Lipinski definition) is 0. The molecule has 0 bridgehead atoms. The summed E-state index contributed by atoms with van der Waals surface area (Å²) in [5.41, 5.74) is 3.57. The van der Waals surface area contributed by atoms with Crippen LogP contribution in [0.1, 0.15) is 10.5 Å². The molecule has 0 unspecified atom stereocenters. The third kappa shape index (κ3) is 3.35. The first kappa shape index (κ1) is 15.1. The number of pyridine rings is 1. The lowest BCUT2D eigenvalue weighted by Crippen LogP contribution is -2.05. The van der Waals surface area contributed by atoms with Gasteiger partial charge in [0.15, 0.2) is 5.69 Å². The van der Waals surface area contributed by atoms with Crippen molar-refractivity contribution in [3.8, 4) is 22.4 Å². The molecule has 0 saturated heterocycles. The van der Waals surface area contributed by atoms with E-state index in [0.29, 0.717) is 5.69 Å². The Balaban J connectivity index is 1.96. The van der Waals surface area contributed by atoms with E-state index in [1.54, 1.807) is 18.5 Å². The Morgan fingerprint density at radius 3 is 2.43 bits per heavy atom. The topological polar surface area (TPSA) is 65.0 Å². The molecule has 0 aliphatic heterocycles. The van der Waals surface area contributed by atoms with Crippen LogP contribution in [0.15, 0.2) is 54.9 Å². The molecule has 0 saturated carbocycles. The van der Waals surface area contributed by atoms with Crippen molar-refractivity contribution in [1.29, 1.82) is 0 Å². The summed E-state index contributed by atoms with van der Waals surface area (Å²) >= 11 is 5.89. The van der Waals surface area contributed by atoms with Gasteiger partial charge in [0.1, 0.15) is 0 Å². The zero-order chi connectivity index (χ0) is 16.2. The van der Waals surface area contributed by atoms with Crippen LogP contribution in [0.2, 0.25) is 5.28 Å². The largest absolute Gasteiger partial charge is 0.464 e. The maximum Gasteiger partial charge on any atom is 0.356 e. The maximum atomic E-state index is 11.6. The first-order chi connectivity index (χ1) is 11.2. The summed E-state index contributed by atoms with van der Waals surface area (Å²) in [4.78, 5) is 23.7. The normalized spacial score (nSPS) is 10.3. The van der Waals surface area contributed by atoms with Crippen LogP contribution in [0.3, 0.4) is 0 Å². The molecule has 1 aromatic carbocycles. The molecular formula is C17H12ClN3O2. The van der Waals surface area contributed by atoms with Gasteiger partial charge in [-0.25, -0.2) is 14.8 Å². The fraction of sp³-hybridized carbons (Fsp3) is 0.0588. The molecule has 3 rings (SSSR count). The molecule has 2 heterocycles. The molecule has 0 N–H and O–H groups in total. The quantitative estimate of drug-likeness (QED) is 0.543. The van der Waals surface area contributed by atoms with Crippen LogP contribution in [-0.2, 0) is 4.74 Å². The van der Waals surface area contributed by atoms with E-state index in [4.69, 9.17) is 11.6 Å². The van der Waals surface area contributed by atoms with Gasteiger partial charge in [-0.1, -0.05) is 30.3 Å². The minimum Gasteiger partial charge on any atom is -0.464 e. The van der Waals surface area contributed by atoms with Crippen molar-refractivity contribution in [3.05, 3.63) is 65.8 Å². The van der Waals surface area contributed by atoms with Gasteiger partial charge in [-0.2, -0.15) is 0 Å². The number of halogens is 1. The number of carbonyl (C=O) groups is 1. The SMILES string of the molecule is COC(=O)c1cc(-c2ccc(-c3cccnc3)cc2)nc(Cl)n1. The first-order valence-electron chi connectivity index (χ1n) is 6.81. The van der Waals surface area contributed by atoms with Gasteiger partial charge in [-0.15, -0.1) is 0 Å². The summed E-state index contributed by atoms with van der Waals surface area (Å²) in [6.07, 6.45) is 3.53. The average molecular weight is 326 g/mol. The highest BCUT2D eigenvalue weighted by atomic mass is 35.5. The fourth-order valence-corrected chi connectivity index (χ4v) is 2.32. The van der Waals surface area contributed by atoms with Gasteiger partial charge in [0.25, 0.3) is 0 Å². The highest BCUT2D eigenvalue weighted by molar-refractivity contribution is 6.28. The molecule has 3 aromatic rings. The molecule has 0 radical (unpaired) electrons. The summed E-state index contributed by atoms with van der Waals surface area (Å²) in [5.74, 6) is -0.553. The van der Waals surface area contributed by atoms with Gasteiger partial charge in [0.05, 0.1) is 12.8 Å². The Kier molecular flexibility index (Phi) is 4.30. The van der Waals surface area contributed by atoms with E-state index in [1.165, 1.54) is 7.11 Å². The molecule has 0 atom stereocenters. The molecule has 5 nitrogen and oxygen atoms in total. The average Bonchev–Trinajstić information content (AvgIpc) is 2.61. The minimum atomic E-state index is -0.553. The molecule has 23 heavy (non-hydrogen) atoms. The smallest absolute Gasteiger partial charge is 0.356 e. The number of esters is 1. The highest BCUT2D eigenvalue weighted by Gasteiger charge is 2.12. The van der Waals surface area contributed by atoms with Gasteiger partial charge >= 0.3 is 5.97 Å². The summed E-state index contributed by atoms with van der Waals surface area (Å²) in [6.45, 7) is 0. The van der Waals surface area contributed by atoms with E-state index in [-0.39, 0.29) is 11.0 Å². The zero-order valence-corrected chi connectivity index (χ0v) is 13.0. The molecule has 0 amide bonds. The van der Waals surface area contributed by atoms with Crippen LogP contribution in [0.25, 0.3) is 22.4 Å². The van der Waals surface area contributed by atoms with E-state index in [1.807, 2.05) is 36.4 Å². The predicted molar refractivity (Wildman–Crippen MR) is 87.0 cm³/mol. The number of hydrogen-bond acceptors (Lipinski definition) is 5. The van der Waals surface area contributed by atoms with Crippen molar-refractivity contribution >= 4 is 17.6 Å². The van der Waals surface area contributed by atoms with Crippen LogP contribution in [0.5, 0.6) is 0 Å². The number of aromatic nitrogens is 3. The number of methoxy groups -OCH3 is 1. The molecule has 2 aromatic heterocycles. The molecule has 114 valence electrons. The van der Waals surface area contributed by atoms with Crippen molar-refractivity contribution in [1.82, 2.24) is 15.0 Å². The van der Waals surface area contributed by atoms with E-state index < -0.39 is 5.97 Å². The number of nitrogens with zero attached hydrogens (tertiary/aromatic N) is 3. The summed E-state index contributed by atoms with van der Waals surface area (Å²) in [7, 11) is 1.29. The van der Waals surface area contributed by atoms with Gasteiger partial charge < -0.3 is 4.74 Å². The number of ether oxygens (including phenoxy) is 1. The van der Waals surface area contributed by atoms with Crippen LogP contribution >= 0.6 is 11.6 Å². The first-order valence-corrected chi connectivity index (χ1v) is 7.19. The van der Waals surface area contributed by atoms with Crippen molar-refractivity contribution in [2.45, 2.75) is 0 Å². The Labute approximate surface area is 138 Å². The van der Waals surface area contributed by atoms with Gasteiger partial charge in [0, 0.05) is 18.0 Å². The van der Waals surface area contributed by atoms with E-state index >= 15 is 0 Å². The fourth-order valence-electron chi connectivity index (χ4n) is 2.14. The molecule has 0 aliphatic carbocycles. The molecule has 0 aliphatic rings. The third-order valence-electron chi connectivity index (χ3n) is 3.27. The standard InChI is InChI=1S/C17H12ClN3O2/c1-23-16(22)15-9-14(20-17(18)21-15)12-6-4-11(5-7-12)13-3-2-8-19-10-13/h2-10H,1H3. The van der Waals surface area contributed by atoms with Gasteiger partial charge in [0.2, 0.25) is 5.28 Å². The Morgan fingerprint density at radius 1 is 1.04 bits per heavy atom. The van der Waals surface area contributed by atoms with E-state index in [9.17, 15) is 4.79 Å². The van der Waals surface area contributed by atoms with Crippen LogP contribution in [-0.4, -0.2) is 28.0 Å². The van der Waals surface area contributed by atoms with Crippen LogP contribution in [0, 0.1) is 0 Å². The summed E-state index contributed by atoms with van der Waals surface area (Å²) < 4.78 is 4.66. The maximum absolute atomic E-state index is 11.6. The minimum absolute atomic E-state index is 0.000707. The second-order valence-corrected chi connectivity index (χ2v) is 5.06. The molecular weight excluding hydrogens is 314 g/mol. The molecule has 0 spiro atoms. The van der Waals surface area contributed by atoms with E-state index in [0.717, 1.165) is 16.7 Å². The number of carbonyl (C=O) groups excluding carboxylic acids is 1. The Bertz CT molecular complexity index is 836. The van der Waals surface area contributed by atoms with Crippen molar-refractivity contribution < 1.29 is 9.53 Å². The second-order valence-electron chi connectivity index (χ2n) is 4.72. The van der Waals surface area contributed by atoms with Crippen molar-refractivity contribution in [3.63, 3.8) is 0 Å². The van der Waals surface area contributed by atoms with Crippen LogP contribution in [0.4, 0.5) is 0 Å². The predicted octanol–water partition coefficient (Wildman–Crippen LogP) is 3.65. The molecule has 0 fully saturated rings. The second kappa shape index (κ2) is 6.54. The lowest BCUT2D eigenvalue weighted by molar-refractivity contribution is 0.0594. The Morgan fingerprint density at radius 2 is 1.78 bits per heavy atom. The molecule has 6 heteroatoms. The number of benzene rings is 1. The van der Waals surface area contributed by atoms with Crippen molar-refractivity contribution in [2.24, 2.45) is 0 Å². The Hall–Kier alpha value is -2.79. The summed E-state index contributed by atoms with van der Waals surface area (Å²) in [5, 5.41) is -0.000707. The van der Waals surface area contributed by atoms with Gasteiger partial charge in [-0.3, -0.25) is 4.98 Å². The van der Waals surface area contributed by atoms with Crippen molar-refractivity contribution in [2.75, 3.05) is 7.11 Å². The zero-order valence-electron chi connectivity index (χ0n) is 12.2. The highest BCUT2D eigenvalue weighted by Crippen LogP contribution is 2.24. The number of rotatable bonds is 3. The van der Waals surface area contributed by atoms with E-state index in [2.05, 4.69) is 19.7 Å². The third-order valence-corrected chi connectivity index (χ3v) is 3.44. The van der Waals surface area contributed by atoms with Gasteiger partial charge in [-0.05, 0) is 34.9 Å². The summed E-state index contributed by atoms with van der Waals surface area (Å²) in [6, 6.07) is 13.1. The monoisotopic (exact) mass is 325 g/mol.